The number of nitrogens with zero attached hydrogens (tertiary/aromatic N) is 2. The summed E-state index contributed by atoms with van der Waals surface area (Å²) >= 11 is 0. The minimum absolute atomic E-state index is 0.113. The first-order valence-corrected chi connectivity index (χ1v) is 5.46. The summed E-state index contributed by atoms with van der Waals surface area (Å²) in [6.45, 7) is 4.80. The number of nitriles is 1. The van der Waals surface area contributed by atoms with Gasteiger partial charge in [0.1, 0.15) is 11.8 Å². The van der Waals surface area contributed by atoms with Gasteiger partial charge in [-0.15, -0.1) is 0 Å². The largest absolute Gasteiger partial charge is 0.394 e. The Morgan fingerprint density at radius 3 is 2.75 bits per heavy atom. The Hall–Kier alpha value is -1.31. The Morgan fingerprint density at radius 1 is 1.62 bits per heavy atom. The van der Waals surface area contributed by atoms with Gasteiger partial charge in [0, 0.05) is 25.3 Å². The van der Waals surface area contributed by atoms with Crippen LogP contribution in [0.4, 0.5) is 0 Å². The van der Waals surface area contributed by atoms with Gasteiger partial charge in [-0.2, -0.15) is 5.26 Å². The Labute approximate surface area is 96.5 Å². The molecule has 0 aliphatic heterocycles. The smallest absolute Gasteiger partial charge is 0.120 e. The predicted molar refractivity (Wildman–Crippen MR) is 62.7 cm³/mol. The molecule has 4 heteroatoms. The molecule has 88 valence electrons. The summed E-state index contributed by atoms with van der Waals surface area (Å²) in [6, 6.07) is 3.99. The molecular weight excluding hydrogens is 202 g/mol. The van der Waals surface area contributed by atoms with Gasteiger partial charge < -0.3 is 15.0 Å². The minimum atomic E-state index is -0.247. The van der Waals surface area contributed by atoms with E-state index < -0.39 is 0 Å². The van der Waals surface area contributed by atoms with E-state index in [0.717, 1.165) is 12.0 Å². The van der Waals surface area contributed by atoms with Crippen LogP contribution in [0.25, 0.3) is 0 Å². The summed E-state index contributed by atoms with van der Waals surface area (Å²) in [6.07, 6.45) is 2.79. The predicted octanol–water partition coefficient (Wildman–Crippen LogP) is 1.15. The lowest BCUT2D eigenvalue weighted by Gasteiger charge is -2.27. The topological polar surface area (TPSA) is 61.0 Å². The molecule has 1 aromatic rings. The molecule has 0 saturated carbocycles. The minimum Gasteiger partial charge on any atom is -0.394 e. The molecule has 0 radical (unpaired) electrons. The van der Waals surface area contributed by atoms with E-state index in [0.29, 0.717) is 12.2 Å². The Bertz CT molecular complexity index is 385. The van der Waals surface area contributed by atoms with Gasteiger partial charge in [-0.3, -0.25) is 0 Å². The molecule has 1 atom stereocenters. The highest BCUT2D eigenvalue weighted by Crippen LogP contribution is 2.11. The highest BCUT2D eigenvalue weighted by Gasteiger charge is 2.19. The average molecular weight is 221 g/mol. The number of aryl methyl sites for hydroxylation is 1. The highest BCUT2D eigenvalue weighted by molar-refractivity contribution is 5.28. The van der Waals surface area contributed by atoms with Gasteiger partial charge in [0.25, 0.3) is 0 Å². The number of aliphatic hydroxyl groups is 1. The van der Waals surface area contributed by atoms with Gasteiger partial charge in [0.2, 0.25) is 0 Å². The second-order valence-corrected chi connectivity index (χ2v) is 4.38. The third-order valence-electron chi connectivity index (χ3n) is 3.02. The van der Waals surface area contributed by atoms with Crippen LogP contribution in [0.3, 0.4) is 0 Å². The molecule has 1 aromatic heterocycles. The summed E-state index contributed by atoms with van der Waals surface area (Å²) in [5.41, 5.74) is 1.47. The zero-order chi connectivity index (χ0) is 12.2. The highest BCUT2D eigenvalue weighted by atomic mass is 16.3. The molecule has 0 amide bonds. The van der Waals surface area contributed by atoms with Crippen LogP contribution >= 0.6 is 0 Å². The molecule has 16 heavy (non-hydrogen) atoms. The zero-order valence-electron chi connectivity index (χ0n) is 10.1. The maximum absolute atomic E-state index is 9.25. The fourth-order valence-electron chi connectivity index (χ4n) is 1.45. The van der Waals surface area contributed by atoms with Crippen molar-refractivity contribution in [3.63, 3.8) is 0 Å². The molecule has 2 N–H and O–H groups in total. The van der Waals surface area contributed by atoms with E-state index >= 15 is 0 Å². The fraction of sp³-hybridized carbons (Fsp3) is 0.583. The first-order chi connectivity index (χ1) is 7.54. The summed E-state index contributed by atoms with van der Waals surface area (Å²) < 4.78 is 1.80. The zero-order valence-corrected chi connectivity index (χ0v) is 10.1. The second-order valence-electron chi connectivity index (χ2n) is 4.38. The van der Waals surface area contributed by atoms with Crippen LogP contribution in [-0.4, -0.2) is 21.8 Å². The Balaban J connectivity index is 2.65. The van der Waals surface area contributed by atoms with Crippen LogP contribution in [-0.2, 0) is 13.6 Å². The molecule has 0 spiro atoms. The van der Waals surface area contributed by atoms with Crippen LogP contribution in [0.5, 0.6) is 0 Å². The number of hydrogen-bond acceptors (Lipinski definition) is 3. The lowest BCUT2D eigenvalue weighted by Crippen LogP contribution is -2.44. The van der Waals surface area contributed by atoms with E-state index in [1.807, 2.05) is 33.2 Å². The van der Waals surface area contributed by atoms with Crippen molar-refractivity contribution in [1.29, 1.82) is 5.26 Å². The normalized spacial score (nSPS) is 14.4. The van der Waals surface area contributed by atoms with Gasteiger partial charge in [0.05, 0.1) is 6.61 Å². The van der Waals surface area contributed by atoms with E-state index in [9.17, 15) is 5.11 Å². The van der Waals surface area contributed by atoms with Crippen molar-refractivity contribution in [2.24, 2.45) is 7.05 Å². The summed E-state index contributed by atoms with van der Waals surface area (Å²) in [5.74, 6) is 0. The molecule has 0 aliphatic rings. The molecule has 0 fully saturated rings. The molecule has 0 aliphatic carbocycles. The molecule has 0 saturated heterocycles. The van der Waals surface area contributed by atoms with Gasteiger partial charge in [-0.1, -0.05) is 6.92 Å². The van der Waals surface area contributed by atoms with Crippen LogP contribution in [0, 0.1) is 11.3 Å². The van der Waals surface area contributed by atoms with E-state index in [2.05, 4.69) is 11.4 Å². The average Bonchev–Trinajstić information content (AvgIpc) is 2.67. The molecular formula is C12H19N3O. The SMILES string of the molecule is CCC(C)(CO)NCc1cc(C#N)n(C)c1. The lowest BCUT2D eigenvalue weighted by molar-refractivity contribution is 0.169. The summed E-state index contributed by atoms with van der Waals surface area (Å²) in [7, 11) is 1.85. The lowest BCUT2D eigenvalue weighted by atomic mass is 10.00. The molecule has 4 nitrogen and oxygen atoms in total. The third kappa shape index (κ3) is 2.84. The molecule has 1 rings (SSSR count). The van der Waals surface area contributed by atoms with Crippen LogP contribution in [0.1, 0.15) is 31.5 Å². The number of hydrogen-bond donors (Lipinski definition) is 2. The molecule has 0 bridgehead atoms. The van der Waals surface area contributed by atoms with Crippen molar-refractivity contribution < 1.29 is 5.11 Å². The molecule has 1 heterocycles. The summed E-state index contributed by atoms with van der Waals surface area (Å²) in [4.78, 5) is 0. The van der Waals surface area contributed by atoms with Crippen molar-refractivity contribution in [2.45, 2.75) is 32.4 Å². The molecule has 0 aromatic carbocycles. The standard InChI is InChI=1S/C12H19N3O/c1-4-12(2,9-16)14-7-10-5-11(6-13)15(3)8-10/h5,8,14,16H,4,7,9H2,1-3H3. The van der Waals surface area contributed by atoms with Gasteiger partial charge in [0.15, 0.2) is 0 Å². The first kappa shape index (κ1) is 12.8. The Morgan fingerprint density at radius 2 is 2.31 bits per heavy atom. The van der Waals surface area contributed by atoms with Gasteiger partial charge >= 0.3 is 0 Å². The number of aliphatic hydroxyl groups excluding tert-OH is 1. The number of nitrogens with one attached hydrogen (secondary N) is 1. The number of aromatic nitrogens is 1. The fourth-order valence-corrected chi connectivity index (χ4v) is 1.45. The van der Waals surface area contributed by atoms with Crippen molar-refractivity contribution in [3.8, 4) is 6.07 Å². The monoisotopic (exact) mass is 221 g/mol. The third-order valence-corrected chi connectivity index (χ3v) is 3.02. The van der Waals surface area contributed by atoms with Gasteiger partial charge in [-0.05, 0) is 25.0 Å². The Kier molecular flexibility index (Phi) is 4.11. The van der Waals surface area contributed by atoms with Crippen molar-refractivity contribution in [2.75, 3.05) is 6.61 Å². The van der Waals surface area contributed by atoms with Crippen LogP contribution < -0.4 is 5.32 Å². The quantitative estimate of drug-likeness (QED) is 0.784. The van der Waals surface area contributed by atoms with E-state index in [4.69, 9.17) is 5.26 Å². The first-order valence-electron chi connectivity index (χ1n) is 5.46. The number of rotatable bonds is 5. The van der Waals surface area contributed by atoms with Crippen molar-refractivity contribution in [1.82, 2.24) is 9.88 Å². The van der Waals surface area contributed by atoms with Crippen LogP contribution in [0.15, 0.2) is 12.3 Å². The van der Waals surface area contributed by atoms with Gasteiger partial charge in [-0.25, -0.2) is 0 Å². The van der Waals surface area contributed by atoms with E-state index in [-0.39, 0.29) is 12.1 Å². The summed E-state index contributed by atoms with van der Waals surface area (Å²) in [5, 5.41) is 21.4. The van der Waals surface area contributed by atoms with E-state index in [1.54, 1.807) is 4.57 Å². The maximum atomic E-state index is 9.25. The molecule has 1 unspecified atom stereocenters. The second kappa shape index (κ2) is 5.15. The van der Waals surface area contributed by atoms with Crippen molar-refractivity contribution >= 4 is 0 Å². The van der Waals surface area contributed by atoms with E-state index in [1.165, 1.54) is 0 Å². The maximum Gasteiger partial charge on any atom is 0.120 e. The van der Waals surface area contributed by atoms with Crippen LogP contribution in [0.2, 0.25) is 0 Å². The van der Waals surface area contributed by atoms with Crippen molar-refractivity contribution in [3.05, 3.63) is 23.5 Å².